The standard InChI is InChI=1S/C47H31N7/c1-4-18-32(19-5-1)43-50-44(35-24-10-12-26-37(35)46-48-39-28-14-16-30-41(39)53(46)33-20-6-2-7-21-33)52-45(51-43)36-25-11-13-27-38(36)47-49-40-29-15-17-31-42(40)54(47)34-22-8-3-9-23-34/h1-31H. The van der Waals surface area contributed by atoms with Crippen LogP contribution in [0.1, 0.15) is 0 Å². The number of fused-ring (bicyclic) bond motifs is 2. The molecule has 0 aliphatic carbocycles. The molecule has 7 nitrogen and oxygen atoms in total. The first-order chi connectivity index (χ1) is 26.8. The van der Waals surface area contributed by atoms with Crippen LogP contribution in [0.15, 0.2) is 188 Å². The van der Waals surface area contributed by atoms with Gasteiger partial charge in [0.05, 0.1) is 22.1 Å². The Hall–Kier alpha value is -7.51. The number of aromatic nitrogens is 7. The Morgan fingerprint density at radius 3 is 1.09 bits per heavy atom. The normalized spacial score (nSPS) is 11.3. The molecule has 0 saturated carbocycles. The van der Waals surface area contributed by atoms with Crippen molar-refractivity contribution >= 4 is 22.1 Å². The number of imidazole rings is 2. The summed E-state index contributed by atoms with van der Waals surface area (Å²) in [5.41, 5.74) is 10.3. The second kappa shape index (κ2) is 13.2. The second-order valence-corrected chi connectivity index (χ2v) is 13.0. The Morgan fingerprint density at radius 1 is 0.278 bits per heavy atom. The zero-order valence-electron chi connectivity index (χ0n) is 29.0. The zero-order valence-corrected chi connectivity index (χ0v) is 29.0. The highest BCUT2D eigenvalue weighted by Crippen LogP contribution is 2.38. The third-order valence-electron chi connectivity index (χ3n) is 9.64. The highest BCUT2D eigenvalue weighted by molar-refractivity contribution is 5.90. The molecule has 0 saturated heterocycles. The van der Waals surface area contributed by atoms with Crippen LogP contribution in [-0.4, -0.2) is 34.1 Å². The molecule has 0 amide bonds. The van der Waals surface area contributed by atoms with E-state index in [-0.39, 0.29) is 0 Å². The van der Waals surface area contributed by atoms with Gasteiger partial charge in [-0.1, -0.05) is 140 Å². The van der Waals surface area contributed by atoms with Gasteiger partial charge in [0.25, 0.3) is 0 Å². The maximum atomic E-state index is 5.29. The van der Waals surface area contributed by atoms with Crippen molar-refractivity contribution in [2.75, 3.05) is 0 Å². The first kappa shape index (κ1) is 31.2. The molecule has 0 bridgehead atoms. The van der Waals surface area contributed by atoms with Gasteiger partial charge in [-0.05, 0) is 48.5 Å². The first-order valence-corrected chi connectivity index (χ1v) is 17.9. The summed E-state index contributed by atoms with van der Waals surface area (Å²) in [7, 11) is 0. The molecule has 0 atom stereocenters. The Bertz CT molecular complexity index is 2750. The van der Waals surface area contributed by atoms with Crippen molar-refractivity contribution in [3.63, 3.8) is 0 Å². The van der Waals surface area contributed by atoms with Crippen LogP contribution in [-0.2, 0) is 0 Å². The average molecular weight is 694 g/mol. The van der Waals surface area contributed by atoms with Gasteiger partial charge in [-0.25, -0.2) is 24.9 Å². The van der Waals surface area contributed by atoms with E-state index in [4.69, 9.17) is 24.9 Å². The van der Waals surface area contributed by atoms with E-state index in [1.54, 1.807) is 0 Å². The fourth-order valence-corrected chi connectivity index (χ4v) is 7.17. The topological polar surface area (TPSA) is 74.3 Å². The lowest BCUT2D eigenvalue weighted by Crippen LogP contribution is -2.04. The molecule has 0 aliphatic rings. The van der Waals surface area contributed by atoms with Gasteiger partial charge in [-0.2, -0.15) is 0 Å². The quantitative estimate of drug-likeness (QED) is 0.166. The van der Waals surface area contributed by atoms with E-state index in [1.807, 2.05) is 115 Å². The molecule has 0 fully saturated rings. The van der Waals surface area contributed by atoms with Crippen LogP contribution in [0.5, 0.6) is 0 Å². The van der Waals surface area contributed by atoms with Gasteiger partial charge in [0.1, 0.15) is 11.6 Å². The van der Waals surface area contributed by atoms with Crippen molar-refractivity contribution < 1.29 is 0 Å². The molecule has 0 unspecified atom stereocenters. The Balaban J connectivity index is 1.22. The smallest absolute Gasteiger partial charge is 0.164 e. The third kappa shape index (κ3) is 5.43. The van der Waals surface area contributed by atoms with E-state index >= 15 is 0 Å². The number of rotatable bonds is 7. The number of nitrogens with zero attached hydrogens (tertiary/aromatic N) is 7. The number of hydrogen-bond acceptors (Lipinski definition) is 5. The van der Waals surface area contributed by atoms with Gasteiger partial charge in [0.2, 0.25) is 0 Å². The van der Waals surface area contributed by atoms with Gasteiger partial charge in [0, 0.05) is 39.2 Å². The predicted molar refractivity (Wildman–Crippen MR) is 216 cm³/mol. The molecule has 0 aliphatic heterocycles. The van der Waals surface area contributed by atoms with E-state index in [2.05, 4.69) is 81.9 Å². The lowest BCUT2D eigenvalue weighted by molar-refractivity contribution is 1.06. The largest absolute Gasteiger partial charge is 0.292 e. The number of hydrogen-bond donors (Lipinski definition) is 0. The minimum Gasteiger partial charge on any atom is -0.292 e. The second-order valence-electron chi connectivity index (χ2n) is 13.0. The van der Waals surface area contributed by atoms with Crippen LogP contribution in [0.25, 0.3) is 90.4 Å². The third-order valence-corrected chi connectivity index (χ3v) is 9.64. The van der Waals surface area contributed by atoms with E-state index in [1.165, 1.54) is 0 Å². The summed E-state index contributed by atoms with van der Waals surface area (Å²) in [6.07, 6.45) is 0. The van der Waals surface area contributed by atoms with Gasteiger partial charge in [-0.15, -0.1) is 0 Å². The minimum absolute atomic E-state index is 0.549. The summed E-state index contributed by atoms with van der Waals surface area (Å²) in [5, 5.41) is 0. The molecule has 3 heterocycles. The first-order valence-electron chi connectivity index (χ1n) is 17.9. The monoisotopic (exact) mass is 693 g/mol. The van der Waals surface area contributed by atoms with Crippen molar-refractivity contribution in [1.29, 1.82) is 0 Å². The molecule has 0 radical (unpaired) electrons. The van der Waals surface area contributed by atoms with E-state index in [0.717, 1.165) is 72.9 Å². The zero-order chi connectivity index (χ0) is 35.8. The molecule has 7 aromatic carbocycles. The van der Waals surface area contributed by atoms with E-state index in [0.29, 0.717) is 17.5 Å². The molecule has 10 aromatic rings. The molecule has 10 rings (SSSR count). The van der Waals surface area contributed by atoms with Crippen LogP contribution in [0.2, 0.25) is 0 Å². The maximum Gasteiger partial charge on any atom is 0.164 e. The molecular weight excluding hydrogens is 663 g/mol. The maximum absolute atomic E-state index is 5.29. The van der Waals surface area contributed by atoms with Crippen LogP contribution < -0.4 is 0 Å². The lowest BCUT2D eigenvalue weighted by Gasteiger charge is -2.15. The molecule has 7 heteroatoms. The van der Waals surface area contributed by atoms with Gasteiger partial charge < -0.3 is 0 Å². The average Bonchev–Trinajstić information content (AvgIpc) is 3.84. The molecular formula is C47H31N7. The van der Waals surface area contributed by atoms with E-state index < -0.39 is 0 Å². The molecule has 3 aromatic heterocycles. The fraction of sp³-hybridized carbons (Fsp3) is 0. The Kier molecular flexibility index (Phi) is 7.66. The molecule has 0 spiro atoms. The van der Waals surface area contributed by atoms with Crippen molar-refractivity contribution in [1.82, 2.24) is 34.1 Å². The number of para-hydroxylation sites is 6. The van der Waals surface area contributed by atoms with Crippen LogP contribution in [0, 0.1) is 0 Å². The van der Waals surface area contributed by atoms with Crippen molar-refractivity contribution in [3.05, 3.63) is 188 Å². The minimum atomic E-state index is 0.549. The van der Waals surface area contributed by atoms with Crippen LogP contribution in [0.4, 0.5) is 0 Å². The molecule has 54 heavy (non-hydrogen) atoms. The van der Waals surface area contributed by atoms with Crippen LogP contribution >= 0.6 is 0 Å². The molecule has 254 valence electrons. The summed E-state index contributed by atoms with van der Waals surface area (Å²) in [5.74, 6) is 3.28. The summed E-state index contributed by atoms with van der Waals surface area (Å²) in [6, 6.07) is 63.7. The Labute approximate surface area is 311 Å². The van der Waals surface area contributed by atoms with E-state index in [9.17, 15) is 0 Å². The van der Waals surface area contributed by atoms with Crippen LogP contribution in [0.3, 0.4) is 0 Å². The van der Waals surface area contributed by atoms with Crippen molar-refractivity contribution in [2.45, 2.75) is 0 Å². The summed E-state index contributed by atoms with van der Waals surface area (Å²) < 4.78 is 4.41. The van der Waals surface area contributed by atoms with Crippen molar-refractivity contribution in [3.8, 4) is 68.3 Å². The lowest BCUT2D eigenvalue weighted by atomic mass is 10.0. The van der Waals surface area contributed by atoms with Gasteiger partial charge in [-0.3, -0.25) is 9.13 Å². The summed E-state index contributed by atoms with van der Waals surface area (Å²) in [6.45, 7) is 0. The Morgan fingerprint density at radius 2 is 0.630 bits per heavy atom. The van der Waals surface area contributed by atoms with Gasteiger partial charge in [0.15, 0.2) is 17.5 Å². The number of benzene rings is 7. The van der Waals surface area contributed by atoms with Gasteiger partial charge >= 0.3 is 0 Å². The summed E-state index contributed by atoms with van der Waals surface area (Å²) >= 11 is 0. The SMILES string of the molecule is c1ccc(-c2nc(-c3ccccc3-c3nc4ccccc4n3-c3ccccc3)nc(-c3ccccc3-c3nc4ccccc4n3-c3ccccc3)n2)cc1. The van der Waals surface area contributed by atoms with Crippen molar-refractivity contribution in [2.24, 2.45) is 0 Å². The predicted octanol–water partition coefficient (Wildman–Crippen LogP) is 10.9. The highest BCUT2D eigenvalue weighted by Gasteiger charge is 2.23. The molecule has 0 N–H and O–H groups in total. The fourth-order valence-electron chi connectivity index (χ4n) is 7.17. The summed E-state index contributed by atoms with van der Waals surface area (Å²) in [4.78, 5) is 26.0. The highest BCUT2D eigenvalue weighted by atomic mass is 15.1.